The molecule has 0 aromatic heterocycles. The van der Waals surface area contributed by atoms with Gasteiger partial charge >= 0.3 is 0 Å². The molecule has 0 aliphatic carbocycles. The van der Waals surface area contributed by atoms with Crippen molar-refractivity contribution in [2.24, 2.45) is 0 Å². The van der Waals surface area contributed by atoms with Crippen molar-refractivity contribution in [2.75, 3.05) is 30.4 Å². The molecule has 1 heterocycles. The van der Waals surface area contributed by atoms with Gasteiger partial charge in [-0.05, 0) is 55.8 Å². The van der Waals surface area contributed by atoms with E-state index in [1.807, 2.05) is 18.7 Å². The molecule has 1 aliphatic rings. The van der Waals surface area contributed by atoms with Crippen molar-refractivity contribution >= 4 is 23.4 Å². The van der Waals surface area contributed by atoms with Crippen LogP contribution in [0.2, 0.25) is 0 Å². The maximum Gasteiger partial charge on any atom is 0.248 e. The minimum Gasteiger partial charge on any atom is -0.494 e. The van der Waals surface area contributed by atoms with Gasteiger partial charge in [0, 0.05) is 24.9 Å². The Labute approximate surface area is 168 Å². The van der Waals surface area contributed by atoms with Crippen molar-refractivity contribution in [3.63, 3.8) is 0 Å². The van der Waals surface area contributed by atoms with Gasteiger partial charge in [0.25, 0.3) is 0 Å². The molecule has 5 nitrogen and oxygen atoms in total. The van der Waals surface area contributed by atoms with E-state index in [4.69, 9.17) is 9.47 Å². The lowest BCUT2D eigenvalue weighted by Crippen LogP contribution is -2.45. The van der Waals surface area contributed by atoms with Gasteiger partial charge in [0.15, 0.2) is 11.6 Å². The Hall–Kier alpha value is -2.93. The van der Waals surface area contributed by atoms with E-state index < -0.39 is 17.5 Å². The normalized spacial score (nSPS) is 19.4. The number of ether oxygens (including phenoxy) is 2. The van der Waals surface area contributed by atoms with Crippen molar-refractivity contribution in [3.05, 3.63) is 59.7 Å². The molecule has 3 rings (SSSR count). The van der Waals surface area contributed by atoms with Crippen LogP contribution in [-0.2, 0) is 9.53 Å². The molecule has 7 heteroatoms. The number of halogens is 2. The first-order chi connectivity index (χ1) is 13.9. The minimum absolute atomic E-state index is 0.0189. The summed E-state index contributed by atoms with van der Waals surface area (Å²) in [5.41, 5.74) is 1.33. The number of carbonyl (C=O) groups is 1. The Kier molecular flexibility index (Phi) is 6.49. The fourth-order valence-corrected chi connectivity index (χ4v) is 3.36. The maximum absolute atomic E-state index is 14.6. The second-order valence-corrected chi connectivity index (χ2v) is 7.05. The number of morpholine rings is 1. The summed E-state index contributed by atoms with van der Waals surface area (Å²) < 4.78 is 38.8. The highest BCUT2D eigenvalue weighted by Gasteiger charge is 2.24. The quantitative estimate of drug-likeness (QED) is 0.760. The molecule has 0 saturated carbocycles. The smallest absolute Gasteiger partial charge is 0.248 e. The maximum atomic E-state index is 14.6. The first-order valence-electron chi connectivity index (χ1n) is 9.38. The monoisotopic (exact) mass is 402 g/mol. The van der Waals surface area contributed by atoms with Crippen LogP contribution in [-0.4, -0.2) is 38.3 Å². The highest BCUT2D eigenvalue weighted by atomic mass is 19.1. The molecular weight excluding hydrogens is 378 g/mol. The minimum atomic E-state index is -0.514. The predicted molar refractivity (Wildman–Crippen MR) is 109 cm³/mol. The van der Waals surface area contributed by atoms with Crippen LogP contribution in [0.25, 0.3) is 6.08 Å². The van der Waals surface area contributed by atoms with Gasteiger partial charge in [-0.15, -0.1) is 0 Å². The number of rotatable bonds is 5. The summed E-state index contributed by atoms with van der Waals surface area (Å²) >= 11 is 0. The zero-order chi connectivity index (χ0) is 21.0. The Morgan fingerprint density at radius 3 is 2.48 bits per heavy atom. The molecule has 0 bridgehead atoms. The van der Waals surface area contributed by atoms with E-state index in [2.05, 4.69) is 5.32 Å². The topological polar surface area (TPSA) is 50.8 Å². The van der Waals surface area contributed by atoms with Crippen LogP contribution in [0.15, 0.2) is 42.5 Å². The molecule has 0 spiro atoms. The number of carbonyl (C=O) groups excluding carboxylic acids is 1. The first kappa shape index (κ1) is 20.8. The fourth-order valence-electron chi connectivity index (χ4n) is 3.36. The van der Waals surface area contributed by atoms with Gasteiger partial charge < -0.3 is 19.7 Å². The molecule has 154 valence electrons. The van der Waals surface area contributed by atoms with Gasteiger partial charge in [-0.2, -0.15) is 0 Å². The van der Waals surface area contributed by atoms with E-state index in [0.717, 1.165) is 0 Å². The van der Waals surface area contributed by atoms with Crippen LogP contribution >= 0.6 is 0 Å². The first-order valence-corrected chi connectivity index (χ1v) is 9.38. The van der Waals surface area contributed by atoms with Gasteiger partial charge in [-0.3, -0.25) is 4.79 Å². The summed E-state index contributed by atoms with van der Waals surface area (Å²) in [6.07, 6.45) is 2.77. The van der Waals surface area contributed by atoms with Crippen LogP contribution in [0.1, 0.15) is 19.4 Å². The highest BCUT2D eigenvalue weighted by Crippen LogP contribution is 2.26. The lowest BCUT2D eigenvalue weighted by atomic mass is 10.1. The number of methoxy groups -OCH3 is 1. The molecule has 1 saturated heterocycles. The van der Waals surface area contributed by atoms with Gasteiger partial charge in [0.05, 0.1) is 25.0 Å². The van der Waals surface area contributed by atoms with E-state index in [9.17, 15) is 13.6 Å². The second kappa shape index (κ2) is 9.05. The molecule has 1 fully saturated rings. The summed E-state index contributed by atoms with van der Waals surface area (Å²) in [5, 5.41) is 2.61. The summed E-state index contributed by atoms with van der Waals surface area (Å²) in [7, 11) is 1.38. The molecule has 29 heavy (non-hydrogen) atoms. The largest absolute Gasteiger partial charge is 0.494 e. The summed E-state index contributed by atoms with van der Waals surface area (Å²) in [4.78, 5) is 14.1. The molecule has 2 aromatic rings. The summed E-state index contributed by atoms with van der Waals surface area (Å²) in [5.74, 6) is -1.24. The molecule has 1 amide bonds. The third-order valence-corrected chi connectivity index (χ3v) is 4.58. The van der Waals surface area contributed by atoms with Crippen molar-refractivity contribution in [1.29, 1.82) is 0 Å². The number of anilines is 2. The molecular formula is C22H24F2N2O3. The Morgan fingerprint density at radius 1 is 1.14 bits per heavy atom. The van der Waals surface area contributed by atoms with Crippen LogP contribution in [0.4, 0.5) is 20.2 Å². The Morgan fingerprint density at radius 2 is 1.86 bits per heavy atom. The second-order valence-electron chi connectivity index (χ2n) is 7.05. The van der Waals surface area contributed by atoms with Crippen LogP contribution in [0.5, 0.6) is 5.75 Å². The average molecular weight is 402 g/mol. The third kappa shape index (κ3) is 5.32. The highest BCUT2D eigenvalue weighted by molar-refractivity contribution is 6.02. The van der Waals surface area contributed by atoms with Crippen molar-refractivity contribution in [1.82, 2.24) is 0 Å². The fraction of sp³-hybridized carbons (Fsp3) is 0.318. The Bertz CT molecular complexity index is 907. The lowest BCUT2D eigenvalue weighted by Gasteiger charge is -2.37. The lowest BCUT2D eigenvalue weighted by molar-refractivity contribution is -0.111. The van der Waals surface area contributed by atoms with Gasteiger partial charge in [-0.1, -0.05) is 6.07 Å². The average Bonchev–Trinajstić information content (AvgIpc) is 2.66. The SMILES string of the molecule is COc1ccc(C=CC(=O)Nc2ccc(N3CC(C)OC(C)C3)c(F)c2)cc1F. The zero-order valence-electron chi connectivity index (χ0n) is 16.6. The molecule has 1 N–H and O–H groups in total. The van der Waals surface area contributed by atoms with Gasteiger partial charge in [0.2, 0.25) is 5.91 Å². The number of nitrogens with zero attached hydrogens (tertiary/aromatic N) is 1. The van der Waals surface area contributed by atoms with Gasteiger partial charge in [-0.25, -0.2) is 8.78 Å². The zero-order valence-corrected chi connectivity index (χ0v) is 16.6. The van der Waals surface area contributed by atoms with Gasteiger partial charge in [0.1, 0.15) is 5.82 Å². The number of hydrogen-bond donors (Lipinski definition) is 1. The number of hydrogen-bond acceptors (Lipinski definition) is 4. The van der Waals surface area contributed by atoms with E-state index in [1.165, 1.54) is 37.5 Å². The molecule has 0 radical (unpaired) electrons. The molecule has 2 aromatic carbocycles. The van der Waals surface area contributed by atoms with E-state index >= 15 is 0 Å². The third-order valence-electron chi connectivity index (χ3n) is 4.58. The number of nitrogens with one attached hydrogen (secondary N) is 1. The number of amides is 1. The standard InChI is InChI=1S/C22H24F2N2O3/c1-14-12-26(13-15(2)29-14)20-7-6-17(11-18(20)23)25-22(27)9-5-16-4-8-21(28-3)19(24)10-16/h4-11,14-15H,12-13H2,1-3H3,(H,25,27). The van der Waals surface area contributed by atoms with Crippen LogP contribution in [0.3, 0.4) is 0 Å². The summed E-state index contributed by atoms with van der Waals surface area (Å²) in [6, 6.07) is 8.97. The van der Waals surface area contributed by atoms with E-state index in [1.54, 1.807) is 18.2 Å². The molecule has 2 unspecified atom stereocenters. The Balaban J connectivity index is 1.65. The van der Waals surface area contributed by atoms with Crippen LogP contribution < -0.4 is 15.0 Å². The van der Waals surface area contributed by atoms with Crippen molar-refractivity contribution in [2.45, 2.75) is 26.1 Å². The summed E-state index contributed by atoms with van der Waals surface area (Å²) in [6.45, 7) is 5.12. The van der Waals surface area contributed by atoms with Crippen molar-refractivity contribution in [3.8, 4) is 5.75 Å². The molecule has 1 aliphatic heterocycles. The number of benzene rings is 2. The van der Waals surface area contributed by atoms with Crippen LogP contribution in [0, 0.1) is 11.6 Å². The van der Waals surface area contributed by atoms with E-state index in [0.29, 0.717) is 30.0 Å². The predicted octanol–water partition coefficient (Wildman–Crippen LogP) is 4.24. The van der Waals surface area contributed by atoms with Crippen molar-refractivity contribution < 1.29 is 23.0 Å². The molecule has 2 atom stereocenters. The van der Waals surface area contributed by atoms with E-state index in [-0.39, 0.29) is 18.0 Å².